The van der Waals surface area contributed by atoms with Crippen molar-refractivity contribution in [2.24, 2.45) is 0 Å². The summed E-state index contributed by atoms with van der Waals surface area (Å²) in [6, 6.07) is 14.2. The number of carbonyl (C=O) groups is 1. The fraction of sp³-hybridized carbons (Fsp3) is 0.188. The monoisotopic (exact) mass is 310 g/mol. The van der Waals surface area contributed by atoms with E-state index in [9.17, 15) is 23.1 Å². The first-order valence-electron chi connectivity index (χ1n) is 6.43. The van der Waals surface area contributed by atoms with Crippen LogP contribution in [0.2, 0.25) is 0 Å². The molecule has 0 spiro atoms. The number of esters is 1. The Kier molecular flexibility index (Phi) is 4.51. The van der Waals surface area contributed by atoms with E-state index in [-0.39, 0.29) is 5.75 Å². The van der Waals surface area contributed by atoms with Gasteiger partial charge in [0.05, 0.1) is 6.42 Å². The van der Waals surface area contributed by atoms with Gasteiger partial charge in [-0.3, -0.25) is 4.79 Å². The molecule has 1 N–H and O–H groups in total. The summed E-state index contributed by atoms with van der Waals surface area (Å²) >= 11 is 0. The molecule has 116 valence electrons. The molecule has 0 heterocycles. The van der Waals surface area contributed by atoms with Gasteiger partial charge in [-0.25, -0.2) is 0 Å². The minimum Gasteiger partial charge on any atom is -0.426 e. The maximum absolute atomic E-state index is 13.2. The van der Waals surface area contributed by atoms with Crippen molar-refractivity contribution in [3.8, 4) is 5.75 Å². The maximum atomic E-state index is 13.2. The van der Waals surface area contributed by atoms with Gasteiger partial charge in [0.2, 0.25) is 0 Å². The highest BCUT2D eigenvalue weighted by Crippen LogP contribution is 2.41. The van der Waals surface area contributed by atoms with E-state index >= 15 is 0 Å². The Morgan fingerprint density at radius 1 is 0.955 bits per heavy atom. The first-order chi connectivity index (χ1) is 10.3. The van der Waals surface area contributed by atoms with E-state index in [1.54, 1.807) is 18.2 Å². The SMILES string of the molecule is O=C(CC(O)(c1ccccc1)C(F)(F)F)Oc1ccccc1. The highest BCUT2D eigenvalue weighted by atomic mass is 19.4. The van der Waals surface area contributed by atoms with Crippen LogP contribution in [0.15, 0.2) is 60.7 Å². The van der Waals surface area contributed by atoms with Gasteiger partial charge < -0.3 is 9.84 Å². The molecule has 0 fully saturated rings. The van der Waals surface area contributed by atoms with Gasteiger partial charge in [0.15, 0.2) is 5.60 Å². The molecule has 0 aliphatic rings. The van der Waals surface area contributed by atoms with Crippen LogP contribution in [0, 0.1) is 0 Å². The number of hydrogen-bond donors (Lipinski definition) is 1. The van der Waals surface area contributed by atoms with Crippen LogP contribution in [0.3, 0.4) is 0 Å². The Bertz CT molecular complexity index is 626. The van der Waals surface area contributed by atoms with Crippen LogP contribution in [-0.2, 0) is 10.4 Å². The Morgan fingerprint density at radius 3 is 1.95 bits per heavy atom. The number of ether oxygens (including phenoxy) is 1. The lowest BCUT2D eigenvalue weighted by Crippen LogP contribution is -2.44. The van der Waals surface area contributed by atoms with E-state index in [4.69, 9.17) is 4.74 Å². The third-order valence-corrected chi connectivity index (χ3v) is 3.10. The third-order valence-electron chi connectivity index (χ3n) is 3.10. The Labute approximate surface area is 125 Å². The van der Waals surface area contributed by atoms with Gasteiger partial charge in [0.25, 0.3) is 0 Å². The number of para-hydroxylation sites is 1. The summed E-state index contributed by atoms with van der Waals surface area (Å²) in [6.07, 6.45) is -6.24. The molecule has 2 aromatic carbocycles. The Hall–Kier alpha value is -2.34. The minimum absolute atomic E-state index is 0.116. The van der Waals surface area contributed by atoms with Crippen molar-refractivity contribution in [3.63, 3.8) is 0 Å². The molecule has 1 atom stereocenters. The summed E-state index contributed by atoms with van der Waals surface area (Å²) in [5.74, 6) is -1.06. The zero-order chi connectivity index (χ0) is 16.2. The van der Waals surface area contributed by atoms with E-state index in [1.165, 1.54) is 30.3 Å². The maximum Gasteiger partial charge on any atom is 0.422 e. The predicted molar refractivity (Wildman–Crippen MR) is 73.1 cm³/mol. The molecule has 3 nitrogen and oxygen atoms in total. The fourth-order valence-corrected chi connectivity index (χ4v) is 1.94. The summed E-state index contributed by atoms with van der Waals surface area (Å²) in [4.78, 5) is 11.8. The van der Waals surface area contributed by atoms with Crippen LogP contribution in [0.5, 0.6) is 5.75 Å². The third kappa shape index (κ3) is 3.46. The lowest BCUT2D eigenvalue weighted by Gasteiger charge is -2.30. The number of carbonyl (C=O) groups excluding carboxylic acids is 1. The molecule has 2 rings (SSSR count). The zero-order valence-electron chi connectivity index (χ0n) is 11.4. The molecule has 6 heteroatoms. The van der Waals surface area contributed by atoms with Crippen LogP contribution in [0.1, 0.15) is 12.0 Å². The van der Waals surface area contributed by atoms with E-state index in [0.717, 1.165) is 12.1 Å². The second-order valence-electron chi connectivity index (χ2n) is 4.69. The predicted octanol–water partition coefficient (Wildman–Crippen LogP) is 3.43. The summed E-state index contributed by atoms with van der Waals surface area (Å²) in [5.41, 5.74) is -3.70. The number of rotatable bonds is 4. The fourth-order valence-electron chi connectivity index (χ4n) is 1.94. The van der Waals surface area contributed by atoms with Crippen molar-refractivity contribution in [2.75, 3.05) is 0 Å². The standard InChI is InChI=1S/C16H13F3O3/c17-16(18,19)15(21,12-7-3-1-4-8-12)11-14(20)22-13-9-5-2-6-10-13/h1-10,21H,11H2. The number of halogens is 3. The lowest BCUT2D eigenvalue weighted by molar-refractivity contribution is -0.268. The molecule has 0 saturated heterocycles. The molecule has 0 aliphatic heterocycles. The van der Waals surface area contributed by atoms with Gasteiger partial charge in [-0.05, 0) is 17.7 Å². The number of hydrogen-bond acceptors (Lipinski definition) is 3. The van der Waals surface area contributed by atoms with Crippen LogP contribution in [-0.4, -0.2) is 17.3 Å². The summed E-state index contributed by atoms with van der Waals surface area (Å²) < 4.78 is 44.5. The molecule has 0 bridgehead atoms. The molecule has 0 amide bonds. The highest BCUT2D eigenvalue weighted by molar-refractivity contribution is 5.74. The van der Waals surface area contributed by atoms with Crippen molar-refractivity contribution in [2.45, 2.75) is 18.2 Å². The van der Waals surface area contributed by atoms with Gasteiger partial charge >= 0.3 is 12.1 Å². The largest absolute Gasteiger partial charge is 0.426 e. The molecule has 22 heavy (non-hydrogen) atoms. The molecule has 0 aliphatic carbocycles. The summed E-state index contributed by atoms with van der Waals surface area (Å²) in [6.45, 7) is 0. The van der Waals surface area contributed by atoms with E-state index in [2.05, 4.69) is 0 Å². The molecule has 1 unspecified atom stereocenters. The summed E-state index contributed by atoms with van der Waals surface area (Å²) in [7, 11) is 0. The van der Waals surface area contributed by atoms with Crippen molar-refractivity contribution in [1.29, 1.82) is 0 Å². The average molecular weight is 310 g/mol. The summed E-state index contributed by atoms with van der Waals surface area (Å²) in [5, 5.41) is 10.0. The van der Waals surface area contributed by atoms with Crippen LogP contribution in [0.25, 0.3) is 0 Å². The molecule has 0 saturated carbocycles. The van der Waals surface area contributed by atoms with Gasteiger partial charge in [0, 0.05) is 0 Å². The van der Waals surface area contributed by atoms with Gasteiger partial charge in [-0.1, -0.05) is 48.5 Å². The lowest BCUT2D eigenvalue weighted by atomic mass is 9.90. The Morgan fingerprint density at radius 2 is 1.45 bits per heavy atom. The first kappa shape index (κ1) is 16.0. The van der Waals surface area contributed by atoms with E-state index in [1.807, 2.05) is 0 Å². The van der Waals surface area contributed by atoms with Crippen molar-refractivity contribution in [3.05, 3.63) is 66.2 Å². The topological polar surface area (TPSA) is 46.5 Å². The first-order valence-corrected chi connectivity index (χ1v) is 6.43. The van der Waals surface area contributed by atoms with Crippen LogP contribution < -0.4 is 4.74 Å². The van der Waals surface area contributed by atoms with Gasteiger partial charge in [-0.2, -0.15) is 13.2 Å². The zero-order valence-corrected chi connectivity index (χ0v) is 11.4. The molecule has 0 radical (unpaired) electrons. The second kappa shape index (κ2) is 6.19. The minimum atomic E-state index is -5.01. The van der Waals surface area contributed by atoms with Gasteiger partial charge in [0.1, 0.15) is 5.75 Å². The quantitative estimate of drug-likeness (QED) is 0.695. The number of alkyl halides is 3. The molecule has 2 aromatic rings. The molecular weight excluding hydrogens is 297 g/mol. The average Bonchev–Trinajstić information content (AvgIpc) is 2.47. The van der Waals surface area contributed by atoms with Crippen LogP contribution in [0.4, 0.5) is 13.2 Å². The van der Waals surface area contributed by atoms with E-state index < -0.39 is 29.7 Å². The van der Waals surface area contributed by atoms with Crippen LogP contribution >= 0.6 is 0 Å². The second-order valence-corrected chi connectivity index (χ2v) is 4.69. The van der Waals surface area contributed by atoms with Crippen molar-refractivity contribution < 1.29 is 27.8 Å². The number of benzene rings is 2. The smallest absolute Gasteiger partial charge is 0.422 e. The van der Waals surface area contributed by atoms with E-state index in [0.29, 0.717) is 0 Å². The molecular formula is C16H13F3O3. The number of aliphatic hydroxyl groups is 1. The normalized spacial score (nSPS) is 14.2. The highest BCUT2D eigenvalue weighted by Gasteiger charge is 2.56. The van der Waals surface area contributed by atoms with Crippen molar-refractivity contribution >= 4 is 5.97 Å². The van der Waals surface area contributed by atoms with Crippen molar-refractivity contribution in [1.82, 2.24) is 0 Å². The Balaban J connectivity index is 2.23. The molecule has 0 aromatic heterocycles. The van der Waals surface area contributed by atoms with Gasteiger partial charge in [-0.15, -0.1) is 0 Å².